The van der Waals surface area contributed by atoms with Gasteiger partial charge in [0, 0.05) is 25.7 Å². The highest BCUT2D eigenvalue weighted by Gasteiger charge is 2.33. The predicted molar refractivity (Wildman–Crippen MR) is 56.3 cm³/mol. The summed E-state index contributed by atoms with van der Waals surface area (Å²) in [7, 11) is 0. The summed E-state index contributed by atoms with van der Waals surface area (Å²) in [6.07, 6.45) is 0.146. The number of hydrogen-bond acceptors (Lipinski definition) is 3. The molecule has 0 bridgehead atoms. The van der Waals surface area contributed by atoms with Gasteiger partial charge in [0.05, 0.1) is 13.2 Å². The van der Waals surface area contributed by atoms with Crippen LogP contribution in [-0.4, -0.2) is 68.7 Å². The van der Waals surface area contributed by atoms with Crippen LogP contribution in [0.4, 0.5) is 12.9 Å². The maximum absolute atomic E-state index is 12.3. The molecule has 94 valence electrons. The van der Waals surface area contributed by atoms with Crippen LogP contribution in [0.25, 0.3) is 0 Å². The summed E-state index contributed by atoms with van der Waals surface area (Å²) in [5.41, 5.74) is 0. The second-order valence-corrected chi connectivity index (χ2v) is 4.56. The van der Waals surface area contributed by atoms with Gasteiger partial charge in [-0.25, -0.2) is 0 Å². The lowest BCUT2D eigenvalue weighted by atomic mass is 9.91. The van der Waals surface area contributed by atoms with Crippen molar-refractivity contribution in [3.05, 3.63) is 0 Å². The Kier molecular flexibility index (Phi) is 3.76. The van der Waals surface area contributed by atoms with Gasteiger partial charge in [0.15, 0.2) is 0 Å². The van der Waals surface area contributed by atoms with E-state index in [2.05, 4.69) is 4.90 Å². The standard InChI is InChI=1S/C9H17BF3N2O/c11-10(12,13)8-14-2-1-9(7-14)15-3-5-16-6-4-15/h9H,1-8H2/q-1. The van der Waals surface area contributed by atoms with Crippen molar-refractivity contribution in [1.82, 2.24) is 9.80 Å². The Labute approximate surface area is 93.6 Å². The monoisotopic (exact) mass is 237 g/mol. The molecule has 2 rings (SSSR count). The molecule has 0 aromatic heterocycles. The molecule has 0 aromatic carbocycles. The normalized spacial score (nSPS) is 29.8. The third-order valence-corrected chi connectivity index (χ3v) is 3.27. The maximum Gasteiger partial charge on any atom is 0.492 e. The minimum Gasteiger partial charge on any atom is -0.448 e. The lowest BCUT2D eigenvalue weighted by Gasteiger charge is -2.32. The molecular formula is C9H17BF3N2O-. The van der Waals surface area contributed by atoms with E-state index in [-0.39, 0.29) is 0 Å². The predicted octanol–water partition coefficient (Wildman–Crippen LogP) is 0.780. The van der Waals surface area contributed by atoms with Gasteiger partial charge in [-0.15, -0.1) is 0 Å². The zero-order valence-electron chi connectivity index (χ0n) is 9.25. The van der Waals surface area contributed by atoms with E-state index in [1.165, 1.54) is 4.90 Å². The molecule has 1 unspecified atom stereocenters. The lowest BCUT2D eigenvalue weighted by Crippen LogP contribution is -2.45. The van der Waals surface area contributed by atoms with Crippen LogP contribution in [0.15, 0.2) is 0 Å². The van der Waals surface area contributed by atoms with Crippen molar-refractivity contribution in [1.29, 1.82) is 0 Å². The SMILES string of the molecule is F[B-](F)(F)CN1CCC(N2CCOCC2)C1. The van der Waals surface area contributed by atoms with Gasteiger partial charge in [0.25, 0.3) is 0 Å². The average Bonchev–Trinajstić information content (AvgIpc) is 2.65. The largest absolute Gasteiger partial charge is 0.492 e. The Morgan fingerprint density at radius 1 is 1.12 bits per heavy atom. The van der Waals surface area contributed by atoms with Gasteiger partial charge in [-0.3, -0.25) is 4.90 Å². The number of rotatable bonds is 3. The summed E-state index contributed by atoms with van der Waals surface area (Å²) in [5.74, 6) is 0. The van der Waals surface area contributed by atoms with Crippen LogP contribution in [0.2, 0.25) is 0 Å². The second-order valence-electron chi connectivity index (χ2n) is 4.56. The minimum atomic E-state index is -4.68. The van der Waals surface area contributed by atoms with Crippen LogP contribution >= 0.6 is 0 Å². The summed E-state index contributed by atoms with van der Waals surface area (Å²) in [4.78, 5) is 3.78. The first-order valence-corrected chi connectivity index (χ1v) is 5.80. The minimum absolute atomic E-state index is 0.294. The van der Waals surface area contributed by atoms with Crippen molar-refractivity contribution < 1.29 is 17.7 Å². The molecule has 0 spiro atoms. The molecule has 0 amide bonds. The Hall–Kier alpha value is -0.265. The number of morpholine rings is 1. The van der Waals surface area contributed by atoms with E-state index >= 15 is 0 Å². The Balaban J connectivity index is 1.78. The first-order valence-electron chi connectivity index (χ1n) is 5.80. The molecule has 16 heavy (non-hydrogen) atoms. The maximum atomic E-state index is 12.3. The molecule has 0 aromatic rings. The third kappa shape index (κ3) is 3.36. The van der Waals surface area contributed by atoms with Gasteiger partial charge in [-0.1, -0.05) is 0 Å². The molecule has 7 heteroatoms. The van der Waals surface area contributed by atoms with Crippen molar-refractivity contribution in [2.45, 2.75) is 12.5 Å². The molecule has 2 aliphatic heterocycles. The van der Waals surface area contributed by atoms with Crippen LogP contribution in [0, 0.1) is 0 Å². The molecule has 3 nitrogen and oxygen atoms in total. The number of likely N-dealkylation sites (tertiary alicyclic amines) is 1. The van der Waals surface area contributed by atoms with Crippen LogP contribution in [0.1, 0.15) is 6.42 Å². The molecule has 0 saturated carbocycles. The van der Waals surface area contributed by atoms with E-state index in [1.807, 2.05) is 0 Å². The van der Waals surface area contributed by atoms with E-state index < -0.39 is 13.4 Å². The van der Waals surface area contributed by atoms with Crippen molar-refractivity contribution in [3.8, 4) is 0 Å². The first kappa shape index (κ1) is 12.2. The van der Waals surface area contributed by atoms with Gasteiger partial charge in [-0.05, 0) is 19.4 Å². The lowest BCUT2D eigenvalue weighted by molar-refractivity contribution is 0.0187. The Morgan fingerprint density at radius 2 is 1.81 bits per heavy atom. The molecule has 2 saturated heterocycles. The zero-order chi connectivity index (χ0) is 11.6. The quantitative estimate of drug-likeness (QED) is 0.674. The number of halogens is 3. The Morgan fingerprint density at radius 3 is 2.44 bits per heavy atom. The van der Waals surface area contributed by atoms with Crippen molar-refractivity contribution >= 4 is 6.98 Å². The summed E-state index contributed by atoms with van der Waals surface area (Å²) < 4.78 is 42.0. The van der Waals surface area contributed by atoms with E-state index in [9.17, 15) is 12.9 Å². The summed E-state index contributed by atoms with van der Waals surface area (Å²) in [5, 5.41) is 0. The number of ether oxygens (including phenoxy) is 1. The second kappa shape index (κ2) is 4.93. The van der Waals surface area contributed by atoms with E-state index in [4.69, 9.17) is 4.74 Å². The fourth-order valence-electron chi connectivity index (χ4n) is 2.51. The van der Waals surface area contributed by atoms with Gasteiger partial charge in [0.1, 0.15) is 0 Å². The highest BCUT2D eigenvalue weighted by atomic mass is 19.4. The van der Waals surface area contributed by atoms with E-state index in [0.717, 1.165) is 19.5 Å². The van der Waals surface area contributed by atoms with Crippen LogP contribution in [-0.2, 0) is 4.74 Å². The van der Waals surface area contributed by atoms with Gasteiger partial charge < -0.3 is 22.6 Å². The Bertz CT molecular complexity index is 233. The van der Waals surface area contributed by atoms with Crippen molar-refractivity contribution in [2.75, 3.05) is 45.8 Å². The summed E-state index contributed by atoms with van der Waals surface area (Å²) in [6.45, 7) is -0.417. The van der Waals surface area contributed by atoms with Crippen LogP contribution < -0.4 is 0 Å². The molecule has 0 radical (unpaired) electrons. The van der Waals surface area contributed by atoms with Gasteiger partial charge in [0.2, 0.25) is 0 Å². The first-order chi connectivity index (χ1) is 7.54. The smallest absolute Gasteiger partial charge is 0.448 e. The van der Waals surface area contributed by atoms with Gasteiger partial charge >= 0.3 is 6.98 Å². The number of hydrogen-bond donors (Lipinski definition) is 0. The van der Waals surface area contributed by atoms with E-state index in [0.29, 0.717) is 32.3 Å². The fraction of sp³-hybridized carbons (Fsp3) is 1.00. The highest BCUT2D eigenvalue weighted by molar-refractivity contribution is 6.58. The third-order valence-electron chi connectivity index (χ3n) is 3.27. The van der Waals surface area contributed by atoms with Crippen LogP contribution in [0.5, 0.6) is 0 Å². The molecule has 2 aliphatic rings. The van der Waals surface area contributed by atoms with Crippen molar-refractivity contribution in [2.24, 2.45) is 0 Å². The topological polar surface area (TPSA) is 15.7 Å². The molecule has 2 heterocycles. The molecule has 1 atom stereocenters. The molecule has 2 fully saturated rings. The summed E-state index contributed by atoms with van der Waals surface area (Å²) >= 11 is 0. The fourth-order valence-corrected chi connectivity index (χ4v) is 2.51. The molecule has 0 N–H and O–H groups in total. The zero-order valence-corrected chi connectivity index (χ0v) is 9.25. The number of nitrogens with zero attached hydrogens (tertiary/aromatic N) is 2. The van der Waals surface area contributed by atoms with Crippen LogP contribution in [0.3, 0.4) is 0 Å². The highest BCUT2D eigenvalue weighted by Crippen LogP contribution is 2.20. The average molecular weight is 237 g/mol. The summed E-state index contributed by atoms with van der Waals surface area (Å²) in [6, 6.07) is 0.294. The molecular weight excluding hydrogens is 220 g/mol. The van der Waals surface area contributed by atoms with Gasteiger partial charge in [-0.2, -0.15) is 0 Å². The van der Waals surface area contributed by atoms with E-state index in [1.54, 1.807) is 0 Å². The van der Waals surface area contributed by atoms with Crippen molar-refractivity contribution in [3.63, 3.8) is 0 Å². The molecule has 0 aliphatic carbocycles.